The summed E-state index contributed by atoms with van der Waals surface area (Å²) in [4.78, 5) is 29.6. The molecule has 1 aliphatic heterocycles. The molecule has 1 aliphatic rings. The van der Waals surface area contributed by atoms with Crippen LogP contribution in [0.15, 0.2) is 93.0 Å². The average Bonchev–Trinajstić information content (AvgIpc) is 3.07. The zero-order chi connectivity index (χ0) is 20.0. The van der Waals surface area contributed by atoms with Crippen molar-refractivity contribution in [3.8, 4) is 0 Å². The van der Waals surface area contributed by atoms with Crippen molar-refractivity contribution in [2.75, 3.05) is 11.2 Å². The molecule has 0 radical (unpaired) electrons. The van der Waals surface area contributed by atoms with Crippen LogP contribution in [0.2, 0.25) is 0 Å². The summed E-state index contributed by atoms with van der Waals surface area (Å²) in [7, 11) is 0. The minimum Gasteiger partial charge on any atom is -0.450 e. The Balaban J connectivity index is 1.80. The molecule has 1 atom stereocenters. The zero-order valence-electron chi connectivity index (χ0n) is 15.7. The summed E-state index contributed by atoms with van der Waals surface area (Å²) >= 11 is 1.65. The average molecular weight is 399 g/mol. The van der Waals surface area contributed by atoms with E-state index in [1.54, 1.807) is 40.9 Å². The SMILES string of the molecule is CSc1ccc(C2c3c(oc4ccccc4c3=O)C(=O)N2c2ccccc2)cc1. The molecule has 4 nitrogen and oxygen atoms in total. The Morgan fingerprint density at radius 2 is 1.55 bits per heavy atom. The van der Waals surface area contributed by atoms with Crippen LogP contribution in [0, 0.1) is 0 Å². The maximum atomic E-state index is 13.4. The fourth-order valence-corrected chi connectivity index (χ4v) is 4.28. The lowest BCUT2D eigenvalue weighted by Crippen LogP contribution is -2.29. The Bertz CT molecular complexity index is 1280. The molecule has 0 saturated heterocycles. The van der Waals surface area contributed by atoms with Gasteiger partial charge in [-0.1, -0.05) is 42.5 Å². The van der Waals surface area contributed by atoms with Crippen LogP contribution >= 0.6 is 11.8 Å². The van der Waals surface area contributed by atoms with E-state index in [9.17, 15) is 9.59 Å². The molecule has 1 aromatic heterocycles. The monoisotopic (exact) mass is 399 g/mol. The number of hydrogen-bond donors (Lipinski definition) is 0. The second-order valence-corrected chi connectivity index (χ2v) is 7.74. The Kier molecular flexibility index (Phi) is 4.25. The van der Waals surface area contributed by atoms with Crippen LogP contribution in [0.4, 0.5) is 5.69 Å². The van der Waals surface area contributed by atoms with E-state index < -0.39 is 6.04 Å². The molecule has 0 fully saturated rings. The van der Waals surface area contributed by atoms with Gasteiger partial charge in [-0.25, -0.2) is 0 Å². The van der Waals surface area contributed by atoms with Crippen molar-refractivity contribution in [2.24, 2.45) is 0 Å². The third-order valence-electron chi connectivity index (χ3n) is 5.24. The number of carbonyl (C=O) groups is 1. The number of anilines is 1. The molecule has 1 unspecified atom stereocenters. The van der Waals surface area contributed by atoms with Gasteiger partial charge in [-0.05, 0) is 48.2 Å². The highest BCUT2D eigenvalue weighted by molar-refractivity contribution is 7.98. The van der Waals surface area contributed by atoms with Gasteiger partial charge < -0.3 is 4.42 Å². The van der Waals surface area contributed by atoms with Crippen LogP contribution in [0.25, 0.3) is 11.0 Å². The number of rotatable bonds is 3. The van der Waals surface area contributed by atoms with Crippen molar-refractivity contribution in [2.45, 2.75) is 10.9 Å². The molecule has 5 heteroatoms. The lowest BCUT2D eigenvalue weighted by molar-refractivity contribution is 0.0971. The molecule has 0 N–H and O–H groups in total. The summed E-state index contributed by atoms with van der Waals surface area (Å²) in [6.07, 6.45) is 2.01. The van der Waals surface area contributed by atoms with Crippen molar-refractivity contribution in [1.29, 1.82) is 0 Å². The summed E-state index contributed by atoms with van der Waals surface area (Å²) in [5, 5.41) is 0.486. The Labute approximate surface area is 171 Å². The highest BCUT2D eigenvalue weighted by atomic mass is 32.2. The maximum absolute atomic E-state index is 13.4. The first kappa shape index (κ1) is 17.8. The maximum Gasteiger partial charge on any atom is 0.295 e. The number of para-hydroxylation sites is 2. The van der Waals surface area contributed by atoms with E-state index in [0.717, 1.165) is 16.1 Å². The van der Waals surface area contributed by atoms with Gasteiger partial charge in [0, 0.05) is 10.6 Å². The van der Waals surface area contributed by atoms with Gasteiger partial charge in [0.15, 0.2) is 5.43 Å². The summed E-state index contributed by atoms with van der Waals surface area (Å²) in [5.74, 6) is -0.176. The van der Waals surface area contributed by atoms with Gasteiger partial charge in [-0.3, -0.25) is 14.5 Å². The second kappa shape index (κ2) is 6.94. The van der Waals surface area contributed by atoms with Gasteiger partial charge >= 0.3 is 0 Å². The van der Waals surface area contributed by atoms with E-state index >= 15 is 0 Å². The van der Waals surface area contributed by atoms with Crippen LogP contribution in [-0.4, -0.2) is 12.2 Å². The van der Waals surface area contributed by atoms with E-state index in [4.69, 9.17) is 4.42 Å². The van der Waals surface area contributed by atoms with Crippen LogP contribution in [0.1, 0.15) is 27.7 Å². The molecular weight excluding hydrogens is 382 g/mol. The molecule has 3 aromatic carbocycles. The van der Waals surface area contributed by atoms with Gasteiger partial charge in [0.1, 0.15) is 5.58 Å². The standard InChI is InChI=1S/C24H17NO3S/c1-29-17-13-11-15(12-14-17)21-20-22(26)18-9-5-6-10-19(18)28-23(20)24(27)25(21)16-7-3-2-4-8-16/h2-14,21H,1H3. The summed E-state index contributed by atoms with van der Waals surface area (Å²) in [6.45, 7) is 0. The predicted molar refractivity (Wildman–Crippen MR) is 116 cm³/mol. The number of carbonyl (C=O) groups excluding carboxylic acids is 1. The molecule has 0 spiro atoms. The molecule has 5 rings (SSSR count). The lowest BCUT2D eigenvalue weighted by atomic mass is 9.98. The number of nitrogens with zero attached hydrogens (tertiary/aromatic N) is 1. The first-order valence-corrected chi connectivity index (χ1v) is 10.5. The summed E-state index contributed by atoms with van der Waals surface area (Å²) in [6, 6.07) is 23.9. The van der Waals surface area contributed by atoms with E-state index in [1.165, 1.54) is 0 Å². The fraction of sp³-hybridized carbons (Fsp3) is 0.0833. The van der Waals surface area contributed by atoms with Crippen molar-refractivity contribution in [3.05, 3.63) is 106 Å². The van der Waals surface area contributed by atoms with Gasteiger partial charge in [0.05, 0.1) is 17.0 Å². The number of amides is 1. The van der Waals surface area contributed by atoms with E-state index in [-0.39, 0.29) is 17.1 Å². The molecular formula is C24H17NO3S. The molecule has 29 heavy (non-hydrogen) atoms. The smallest absolute Gasteiger partial charge is 0.295 e. The van der Waals surface area contributed by atoms with Crippen LogP contribution in [0.5, 0.6) is 0 Å². The molecule has 1 amide bonds. The number of fused-ring (bicyclic) bond motifs is 2. The molecule has 2 heterocycles. The lowest BCUT2D eigenvalue weighted by Gasteiger charge is -2.25. The summed E-state index contributed by atoms with van der Waals surface area (Å²) in [5.41, 5.74) is 2.27. The van der Waals surface area contributed by atoms with E-state index in [1.807, 2.05) is 60.9 Å². The molecule has 0 aliphatic carbocycles. The van der Waals surface area contributed by atoms with Gasteiger partial charge in [-0.15, -0.1) is 11.8 Å². The molecule has 142 valence electrons. The third kappa shape index (κ3) is 2.77. The van der Waals surface area contributed by atoms with Gasteiger partial charge in [0.2, 0.25) is 5.76 Å². The number of benzene rings is 3. The van der Waals surface area contributed by atoms with Gasteiger partial charge in [-0.2, -0.15) is 0 Å². The van der Waals surface area contributed by atoms with Crippen LogP contribution < -0.4 is 10.3 Å². The quantitative estimate of drug-likeness (QED) is 0.441. The van der Waals surface area contributed by atoms with Crippen LogP contribution in [-0.2, 0) is 0 Å². The second-order valence-electron chi connectivity index (χ2n) is 6.86. The molecule has 0 bridgehead atoms. The normalized spacial score (nSPS) is 15.7. The molecule has 0 saturated carbocycles. The van der Waals surface area contributed by atoms with Crippen molar-refractivity contribution >= 4 is 34.3 Å². The topological polar surface area (TPSA) is 50.5 Å². The van der Waals surface area contributed by atoms with Gasteiger partial charge in [0.25, 0.3) is 5.91 Å². The predicted octanol–water partition coefficient (Wildman–Crippen LogP) is 5.26. The largest absolute Gasteiger partial charge is 0.450 e. The minimum absolute atomic E-state index is 0.122. The highest BCUT2D eigenvalue weighted by Crippen LogP contribution is 2.41. The first-order chi connectivity index (χ1) is 14.2. The third-order valence-corrected chi connectivity index (χ3v) is 5.99. The Morgan fingerprint density at radius 3 is 2.28 bits per heavy atom. The first-order valence-electron chi connectivity index (χ1n) is 9.27. The van der Waals surface area contributed by atoms with E-state index in [2.05, 4.69) is 0 Å². The fourth-order valence-electron chi connectivity index (χ4n) is 3.88. The molecule has 4 aromatic rings. The van der Waals surface area contributed by atoms with E-state index in [0.29, 0.717) is 16.5 Å². The number of hydrogen-bond acceptors (Lipinski definition) is 4. The van der Waals surface area contributed by atoms with Crippen molar-refractivity contribution in [3.63, 3.8) is 0 Å². The number of thioether (sulfide) groups is 1. The Hall–Kier alpha value is -3.31. The Morgan fingerprint density at radius 1 is 0.862 bits per heavy atom. The highest BCUT2D eigenvalue weighted by Gasteiger charge is 2.43. The van der Waals surface area contributed by atoms with Crippen LogP contribution in [0.3, 0.4) is 0 Å². The van der Waals surface area contributed by atoms with Crippen molar-refractivity contribution in [1.82, 2.24) is 0 Å². The zero-order valence-corrected chi connectivity index (χ0v) is 16.5. The summed E-state index contributed by atoms with van der Waals surface area (Å²) < 4.78 is 5.95. The minimum atomic E-state index is -0.531. The van der Waals surface area contributed by atoms with Crippen molar-refractivity contribution < 1.29 is 9.21 Å².